The van der Waals surface area contributed by atoms with E-state index in [1.165, 1.54) is 0 Å². The van der Waals surface area contributed by atoms with Crippen LogP contribution >= 0.6 is 0 Å². The molecule has 1 aliphatic heterocycles. The fourth-order valence-corrected chi connectivity index (χ4v) is 2.51. The Morgan fingerprint density at radius 3 is 2.94 bits per heavy atom. The van der Waals surface area contributed by atoms with Crippen LogP contribution in [0.4, 0.5) is 0 Å². The molecule has 1 aromatic carbocycles. The second-order valence-electron chi connectivity index (χ2n) is 4.93. The molecule has 3 heteroatoms. The third-order valence-electron chi connectivity index (χ3n) is 3.34. The molecule has 0 saturated heterocycles. The number of rotatable bonds is 3. The van der Waals surface area contributed by atoms with Crippen LogP contribution in [0, 0.1) is 0 Å². The zero-order valence-corrected chi connectivity index (χ0v) is 10.7. The predicted molar refractivity (Wildman–Crippen MR) is 66.5 cm³/mol. The van der Waals surface area contributed by atoms with Crippen LogP contribution in [0.5, 0.6) is 11.5 Å². The van der Waals surface area contributed by atoms with Gasteiger partial charge in [0.05, 0.1) is 13.2 Å². The zero-order valence-electron chi connectivity index (χ0n) is 10.7. The second-order valence-corrected chi connectivity index (χ2v) is 4.93. The molecule has 3 nitrogen and oxygen atoms in total. The molecule has 1 aromatic rings. The molecular formula is C14H20O3. The van der Waals surface area contributed by atoms with Crippen LogP contribution in [0.2, 0.25) is 0 Å². The summed E-state index contributed by atoms with van der Waals surface area (Å²) >= 11 is 0. The van der Waals surface area contributed by atoms with Crippen molar-refractivity contribution >= 4 is 0 Å². The number of fused-ring (bicyclic) bond motifs is 1. The molecule has 94 valence electrons. The van der Waals surface area contributed by atoms with Gasteiger partial charge in [0.1, 0.15) is 17.1 Å². The molecule has 1 heterocycles. The van der Waals surface area contributed by atoms with Crippen LogP contribution in [0.3, 0.4) is 0 Å². The smallest absolute Gasteiger partial charge is 0.126 e. The van der Waals surface area contributed by atoms with Gasteiger partial charge < -0.3 is 14.6 Å². The molecule has 2 atom stereocenters. The van der Waals surface area contributed by atoms with Crippen LogP contribution in [-0.2, 0) is 0 Å². The minimum atomic E-state index is -0.467. The van der Waals surface area contributed by atoms with Gasteiger partial charge >= 0.3 is 0 Å². The number of aliphatic hydroxyl groups is 1. The summed E-state index contributed by atoms with van der Waals surface area (Å²) in [6, 6.07) is 5.60. The third-order valence-corrected chi connectivity index (χ3v) is 3.34. The molecule has 2 rings (SSSR count). The summed E-state index contributed by atoms with van der Waals surface area (Å²) in [7, 11) is 1.62. The topological polar surface area (TPSA) is 38.7 Å². The molecule has 0 aromatic heterocycles. The Balaban J connectivity index is 2.31. The number of ether oxygens (including phenoxy) is 2. The highest BCUT2D eigenvalue weighted by Crippen LogP contribution is 2.42. The van der Waals surface area contributed by atoms with E-state index >= 15 is 0 Å². The molecular weight excluding hydrogens is 216 g/mol. The number of methoxy groups -OCH3 is 1. The maximum absolute atomic E-state index is 10.2. The van der Waals surface area contributed by atoms with Crippen molar-refractivity contribution in [3.05, 3.63) is 23.8 Å². The SMILES string of the molecule is CCCC1(C)C[C@@H](O)c2cc(OC)ccc2O1. The highest BCUT2D eigenvalue weighted by atomic mass is 16.5. The monoisotopic (exact) mass is 236 g/mol. The van der Waals surface area contributed by atoms with Crippen LogP contribution in [0.25, 0.3) is 0 Å². The Morgan fingerprint density at radius 1 is 1.53 bits per heavy atom. The molecule has 1 aliphatic rings. The maximum atomic E-state index is 10.2. The molecule has 0 radical (unpaired) electrons. The Hall–Kier alpha value is -1.22. The lowest BCUT2D eigenvalue weighted by Gasteiger charge is -2.38. The second kappa shape index (κ2) is 4.57. The van der Waals surface area contributed by atoms with E-state index < -0.39 is 6.10 Å². The summed E-state index contributed by atoms with van der Waals surface area (Å²) in [5.41, 5.74) is 0.577. The molecule has 1 N–H and O–H groups in total. The molecule has 0 spiro atoms. The highest BCUT2D eigenvalue weighted by molar-refractivity contribution is 5.43. The van der Waals surface area contributed by atoms with Gasteiger partial charge in [-0.3, -0.25) is 0 Å². The van der Waals surface area contributed by atoms with Gasteiger partial charge in [-0.15, -0.1) is 0 Å². The molecule has 1 unspecified atom stereocenters. The van der Waals surface area contributed by atoms with E-state index in [2.05, 4.69) is 13.8 Å². The fraction of sp³-hybridized carbons (Fsp3) is 0.571. The van der Waals surface area contributed by atoms with Gasteiger partial charge in [0.15, 0.2) is 0 Å². The van der Waals surface area contributed by atoms with Crippen molar-refractivity contribution in [1.29, 1.82) is 0 Å². The Bertz CT molecular complexity index is 402. The van der Waals surface area contributed by atoms with Gasteiger partial charge in [-0.05, 0) is 31.5 Å². The summed E-state index contributed by atoms with van der Waals surface area (Å²) < 4.78 is 11.2. The molecule has 17 heavy (non-hydrogen) atoms. The van der Waals surface area contributed by atoms with Crippen LogP contribution < -0.4 is 9.47 Å². The van der Waals surface area contributed by atoms with Crippen molar-refractivity contribution in [2.45, 2.75) is 44.8 Å². The first kappa shape index (κ1) is 12.2. The minimum Gasteiger partial charge on any atom is -0.497 e. The average molecular weight is 236 g/mol. The lowest BCUT2D eigenvalue weighted by Crippen LogP contribution is -2.37. The average Bonchev–Trinajstić information content (AvgIpc) is 2.28. The van der Waals surface area contributed by atoms with Crippen molar-refractivity contribution in [2.75, 3.05) is 7.11 Å². The van der Waals surface area contributed by atoms with E-state index in [0.717, 1.165) is 29.9 Å². The molecule has 0 saturated carbocycles. The zero-order chi connectivity index (χ0) is 12.5. The van der Waals surface area contributed by atoms with E-state index in [-0.39, 0.29) is 5.60 Å². The Morgan fingerprint density at radius 2 is 2.29 bits per heavy atom. The van der Waals surface area contributed by atoms with Gasteiger partial charge in [0.2, 0.25) is 0 Å². The summed E-state index contributed by atoms with van der Waals surface area (Å²) in [4.78, 5) is 0. The lowest BCUT2D eigenvalue weighted by atomic mass is 9.87. The van der Waals surface area contributed by atoms with Crippen molar-refractivity contribution < 1.29 is 14.6 Å². The lowest BCUT2D eigenvalue weighted by molar-refractivity contribution is -0.00748. The van der Waals surface area contributed by atoms with E-state index in [9.17, 15) is 5.11 Å². The van der Waals surface area contributed by atoms with Gasteiger partial charge in [0.25, 0.3) is 0 Å². The van der Waals surface area contributed by atoms with Crippen molar-refractivity contribution in [3.63, 3.8) is 0 Å². The number of benzene rings is 1. The van der Waals surface area contributed by atoms with Crippen molar-refractivity contribution in [3.8, 4) is 11.5 Å². The third kappa shape index (κ3) is 2.39. The predicted octanol–water partition coefficient (Wildman–Crippen LogP) is 3.07. The quantitative estimate of drug-likeness (QED) is 0.876. The summed E-state index contributed by atoms with van der Waals surface area (Å²) in [6.45, 7) is 4.19. The van der Waals surface area contributed by atoms with Gasteiger partial charge in [-0.1, -0.05) is 13.3 Å². The van der Waals surface area contributed by atoms with Gasteiger partial charge in [0, 0.05) is 12.0 Å². The van der Waals surface area contributed by atoms with Gasteiger partial charge in [-0.25, -0.2) is 0 Å². The molecule has 0 bridgehead atoms. The van der Waals surface area contributed by atoms with Gasteiger partial charge in [-0.2, -0.15) is 0 Å². The standard InChI is InChI=1S/C14H20O3/c1-4-7-14(2)9-12(15)11-8-10(16-3)5-6-13(11)17-14/h5-6,8,12,15H,4,7,9H2,1-3H3/t12-,14?/m1/s1. The molecule has 0 fully saturated rings. The largest absolute Gasteiger partial charge is 0.497 e. The van der Waals surface area contributed by atoms with Crippen molar-refractivity contribution in [2.24, 2.45) is 0 Å². The molecule has 0 amide bonds. The first-order chi connectivity index (χ1) is 8.08. The van der Waals surface area contributed by atoms with E-state index in [4.69, 9.17) is 9.47 Å². The Kier molecular flexibility index (Phi) is 3.29. The van der Waals surface area contributed by atoms with Crippen LogP contribution in [-0.4, -0.2) is 17.8 Å². The first-order valence-electron chi connectivity index (χ1n) is 6.13. The van der Waals surface area contributed by atoms with Crippen LogP contribution in [0.15, 0.2) is 18.2 Å². The van der Waals surface area contributed by atoms with Crippen molar-refractivity contribution in [1.82, 2.24) is 0 Å². The summed E-state index contributed by atoms with van der Waals surface area (Å²) in [6.07, 6.45) is 2.18. The summed E-state index contributed by atoms with van der Waals surface area (Å²) in [5.74, 6) is 1.53. The fourth-order valence-electron chi connectivity index (χ4n) is 2.51. The van der Waals surface area contributed by atoms with E-state index in [0.29, 0.717) is 6.42 Å². The summed E-state index contributed by atoms with van der Waals surface area (Å²) in [5, 5.41) is 10.2. The van der Waals surface area contributed by atoms with Crippen LogP contribution in [0.1, 0.15) is 44.8 Å². The van der Waals surface area contributed by atoms with E-state index in [1.807, 2.05) is 18.2 Å². The van der Waals surface area contributed by atoms with E-state index in [1.54, 1.807) is 7.11 Å². The number of aliphatic hydroxyl groups excluding tert-OH is 1. The minimum absolute atomic E-state index is 0.254. The molecule has 0 aliphatic carbocycles. The first-order valence-corrected chi connectivity index (χ1v) is 6.13. The Labute approximate surface area is 102 Å². The highest BCUT2D eigenvalue weighted by Gasteiger charge is 2.35. The number of hydrogen-bond acceptors (Lipinski definition) is 3. The maximum Gasteiger partial charge on any atom is 0.126 e. The number of hydrogen-bond donors (Lipinski definition) is 1. The normalized spacial score (nSPS) is 27.2.